The van der Waals surface area contributed by atoms with Crippen molar-refractivity contribution in [3.8, 4) is 11.6 Å². The molecule has 0 amide bonds. The molecule has 2 N–H and O–H groups in total. The van der Waals surface area contributed by atoms with Gasteiger partial charge in [-0.2, -0.15) is 13.2 Å². The number of hydrogen-bond donors (Lipinski definition) is 2. The fourth-order valence-corrected chi connectivity index (χ4v) is 3.51. The van der Waals surface area contributed by atoms with Gasteiger partial charge in [-0.3, -0.25) is 0 Å². The molecule has 0 fully saturated rings. The van der Waals surface area contributed by atoms with Crippen molar-refractivity contribution in [2.24, 2.45) is 0 Å². The molecule has 0 aliphatic carbocycles. The number of ether oxygens (including phenoxy) is 1. The Bertz CT molecular complexity index is 1150. The predicted molar refractivity (Wildman–Crippen MR) is 108 cm³/mol. The maximum Gasteiger partial charge on any atom is 0.422 e. The summed E-state index contributed by atoms with van der Waals surface area (Å²) in [7, 11) is 0. The smallest absolute Gasteiger partial charge is 0.422 e. The average Bonchev–Trinajstić information content (AvgIpc) is 2.73. The van der Waals surface area contributed by atoms with Crippen LogP contribution in [-0.2, 0) is 5.60 Å². The number of nitrogens with zero attached hydrogens (tertiary/aromatic N) is 3. The van der Waals surface area contributed by atoms with Gasteiger partial charge in [0.15, 0.2) is 11.3 Å². The van der Waals surface area contributed by atoms with Gasteiger partial charge in [-0.25, -0.2) is 9.78 Å². The first-order valence-corrected chi connectivity index (χ1v) is 9.64. The third-order valence-electron chi connectivity index (χ3n) is 4.74. The maximum atomic E-state index is 14.1. The number of alkyl halides is 3. The van der Waals surface area contributed by atoms with Gasteiger partial charge in [0.05, 0.1) is 0 Å². The molecule has 3 rings (SSSR count). The van der Waals surface area contributed by atoms with Crippen molar-refractivity contribution in [3.05, 3.63) is 75.7 Å². The maximum absolute atomic E-state index is 14.1. The van der Waals surface area contributed by atoms with Crippen molar-refractivity contribution < 1.29 is 32.9 Å². The number of hydrogen-bond acceptors (Lipinski definition) is 6. The summed E-state index contributed by atoms with van der Waals surface area (Å²) in [5.74, 6) is -2.92. The molecule has 7 nitrogen and oxygen atoms in total. The first-order chi connectivity index (χ1) is 14.9. The number of pyridine rings is 1. The number of aromatic carboxylic acids is 1. The second-order valence-electron chi connectivity index (χ2n) is 6.70. The summed E-state index contributed by atoms with van der Waals surface area (Å²) < 4.78 is 47.7. The van der Waals surface area contributed by atoms with E-state index in [9.17, 15) is 23.1 Å². The molecule has 168 valence electrons. The molecule has 32 heavy (non-hydrogen) atoms. The third kappa shape index (κ3) is 4.62. The van der Waals surface area contributed by atoms with Gasteiger partial charge >= 0.3 is 12.1 Å². The molecule has 0 saturated heterocycles. The van der Waals surface area contributed by atoms with Crippen LogP contribution in [0.2, 0.25) is 10.2 Å². The van der Waals surface area contributed by atoms with Crippen molar-refractivity contribution in [1.29, 1.82) is 0 Å². The standard InChI is InChI=1S/C20H14Cl2F3N3O4/c1-10(19(31,20(23,24)25)11-6-7-26-16(22)8-11)13-9-12(2-3-14(13)21)32-17-5-4-15(18(29)30)27-28-17/h2-10,31H,1H3,(H,29,30). The minimum atomic E-state index is -5.09. The molecule has 0 radical (unpaired) electrons. The van der Waals surface area contributed by atoms with Gasteiger partial charge < -0.3 is 14.9 Å². The topological polar surface area (TPSA) is 105 Å². The number of carbonyl (C=O) groups is 1. The van der Waals surface area contributed by atoms with Crippen LogP contribution in [0, 0.1) is 0 Å². The predicted octanol–water partition coefficient (Wildman–Crippen LogP) is 5.22. The number of aliphatic hydroxyl groups is 1. The van der Waals surface area contributed by atoms with E-state index >= 15 is 0 Å². The highest BCUT2D eigenvalue weighted by Crippen LogP contribution is 2.50. The molecule has 0 aliphatic rings. The van der Waals surface area contributed by atoms with Crippen LogP contribution in [0.15, 0.2) is 48.7 Å². The van der Waals surface area contributed by atoms with Gasteiger partial charge in [-0.05, 0) is 47.5 Å². The molecular formula is C20H14Cl2F3N3O4. The Kier molecular flexibility index (Phi) is 6.59. The first-order valence-electron chi connectivity index (χ1n) is 8.89. The highest BCUT2D eigenvalue weighted by atomic mass is 35.5. The summed E-state index contributed by atoms with van der Waals surface area (Å²) in [5.41, 5.74) is -4.22. The van der Waals surface area contributed by atoms with E-state index in [0.29, 0.717) is 0 Å². The Morgan fingerprint density at radius 2 is 1.81 bits per heavy atom. The Labute approximate surface area is 189 Å². The lowest BCUT2D eigenvalue weighted by Crippen LogP contribution is -2.46. The number of benzene rings is 1. The van der Waals surface area contributed by atoms with E-state index in [0.717, 1.165) is 31.3 Å². The van der Waals surface area contributed by atoms with Crippen LogP contribution in [0.1, 0.15) is 34.5 Å². The van der Waals surface area contributed by atoms with Gasteiger partial charge in [-0.15, -0.1) is 10.2 Å². The molecule has 0 spiro atoms. The van der Waals surface area contributed by atoms with Gasteiger partial charge in [0, 0.05) is 23.2 Å². The number of carboxylic acids is 1. The zero-order valence-electron chi connectivity index (χ0n) is 16.1. The van der Waals surface area contributed by atoms with Crippen LogP contribution < -0.4 is 4.74 Å². The van der Waals surface area contributed by atoms with Crippen molar-refractivity contribution in [2.75, 3.05) is 0 Å². The van der Waals surface area contributed by atoms with E-state index in [1.165, 1.54) is 24.3 Å². The second kappa shape index (κ2) is 8.89. The molecule has 2 aromatic heterocycles. The Balaban J connectivity index is 2.01. The minimum absolute atomic E-state index is 0.0417. The molecule has 2 unspecified atom stereocenters. The van der Waals surface area contributed by atoms with Gasteiger partial charge in [0.1, 0.15) is 10.9 Å². The van der Waals surface area contributed by atoms with Crippen molar-refractivity contribution in [2.45, 2.75) is 24.6 Å². The summed E-state index contributed by atoms with van der Waals surface area (Å²) in [5, 5.41) is 26.5. The van der Waals surface area contributed by atoms with E-state index in [2.05, 4.69) is 15.2 Å². The minimum Gasteiger partial charge on any atom is -0.476 e. The van der Waals surface area contributed by atoms with Gasteiger partial charge in [0.2, 0.25) is 5.88 Å². The van der Waals surface area contributed by atoms with Crippen LogP contribution in [0.3, 0.4) is 0 Å². The molecule has 12 heteroatoms. The fraction of sp³-hybridized carbons (Fsp3) is 0.200. The van der Waals surface area contributed by atoms with Crippen molar-refractivity contribution in [1.82, 2.24) is 15.2 Å². The monoisotopic (exact) mass is 487 g/mol. The fourth-order valence-electron chi connectivity index (χ4n) is 3.05. The molecule has 0 bridgehead atoms. The van der Waals surface area contributed by atoms with Crippen LogP contribution in [0.5, 0.6) is 11.6 Å². The number of rotatable bonds is 6. The van der Waals surface area contributed by atoms with Crippen LogP contribution in [0.4, 0.5) is 13.2 Å². The van der Waals surface area contributed by atoms with Crippen LogP contribution >= 0.6 is 23.2 Å². The average molecular weight is 488 g/mol. The Hall–Kier alpha value is -2.95. The Morgan fingerprint density at radius 1 is 1.09 bits per heavy atom. The second-order valence-corrected chi connectivity index (χ2v) is 7.49. The lowest BCUT2D eigenvalue weighted by molar-refractivity contribution is -0.274. The number of carboxylic acid groups (broad SMARTS) is 1. The molecule has 3 aromatic rings. The Morgan fingerprint density at radius 3 is 2.38 bits per heavy atom. The highest BCUT2D eigenvalue weighted by molar-refractivity contribution is 6.31. The van der Waals surface area contributed by atoms with Crippen molar-refractivity contribution in [3.63, 3.8) is 0 Å². The highest BCUT2D eigenvalue weighted by Gasteiger charge is 2.59. The first kappa shape index (κ1) is 23.7. The van der Waals surface area contributed by atoms with Gasteiger partial charge in [-0.1, -0.05) is 30.1 Å². The summed E-state index contributed by atoms with van der Waals surface area (Å²) in [6.45, 7) is 1.16. The quantitative estimate of drug-likeness (QED) is 0.459. The van der Waals surface area contributed by atoms with Crippen LogP contribution in [0.25, 0.3) is 0 Å². The summed E-state index contributed by atoms with van der Waals surface area (Å²) in [6.07, 6.45) is -4.03. The summed E-state index contributed by atoms with van der Waals surface area (Å²) in [6, 6.07) is 8.24. The molecule has 2 heterocycles. The third-order valence-corrected chi connectivity index (χ3v) is 5.29. The SMILES string of the molecule is CC(c1cc(Oc2ccc(C(=O)O)nn2)ccc1Cl)C(O)(c1ccnc(Cl)c1)C(F)(F)F. The molecule has 0 aliphatic heterocycles. The van der Waals surface area contributed by atoms with E-state index < -0.39 is 29.2 Å². The van der Waals surface area contributed by atoms with Gasteiger partial charge in [0.25, 0.3) is 0 Å². The van der Waals surface area contributed by atoms with Crippen LogP contribution in [-0.4, -0.2) is 37.5 Å². The lowest BCUT2D eigenvalue weighted by atomic mass is 9.78. The van der Waals surface area contributed by atoms with E-state index in [1.807, 2.05) is 0 Å². The lowest BCUT2D eigenvalue weighted by Gasteiger charge is -2.37. The molecule has 1 aromatic carbocycles. The van der Waals surface area contributed by atoms with E-state index in [1.54, 1.807) is 0 Å². The number of aromatic nitrogens is 3. The van der Waals surface area contributed by atoms with Crippen molar-refractivity contribution >= 4 is 29.2 Å². The molecule has 0 saturated carbocycles. The van der Waals surface area contributed by atoms with E-state index in [4.69, 9.17) is 33.0 Å². The zero-order valence-corrected chi connectivity index (χ0v) is 17.7. The number of halogens is 5. The zero-order chi connectivity index (χ0) is 23.7. The molecular weight excluding hydrogens is 474 g/mol. The normalized spacial score (nSPS) is 14.5. The molecule has 2 atom stereocenters. The summed E-state index contributed by atoms with van der Waals surface area (Å²) >= 11 is 11.9. The largest absolute Gasteiger partial charge is 0.476 e. The summed E-state index contributed by atoms with van der Waals surface area (Å²) in [4.78, 5) is 14.5. The van der Waals surface area contributed by atoms with E-state index in [-0.39, 0.29) is 33.1 Å².